The predicted molar refractivity (Wildman–Crippen MR) is 92.3 cm³/mol. The third-order valence-electron chi connectivity index (χ3n) is 5.28. The second-order valence-electron chi connectivity index (χ2n) is 6.85. The number of carbonyl (C=O) groups is 2. The van der Waals surface area contributed by atoms with Crippen molar-refractivity contribution in [1.82, 2.24) is 19.7 Å². The first kappa shape index (κ1) is 16.3. The fraction of sp³-hybridized carbons (Fsp3) is 0.529. The van der Waals surface area contributed by atoms with Crippen LogP contribution >= 0.6 is 11.3 Å². The van der Waals surface area contributed by atoms with Gasteiger partial charge in [-0.15, -0.1) is 11.3 Å². The molecule has 8 heteroatoms. The van der Waals surface area contributed by atoms with E-state index in [9.17, 15) is 14.7 Å². The molecule has 4 rings (SSSR count). The van der Waals surface area contributed by atoms with Crippen LogP contribution in [0.15, 0.2) is 17.8 Å². The Kier molecular flexibility index (Phi) is 4.07. The summed E-state index contributed by atoms with van der Waals surface area (Å²) in [6.45, 7) is 0. The molecule has 0 spiro atoms. The van der Waals surface area contributed by atoms with E-state index in [1.165, 1.54) is 11.3 Å². The van der Waals surface area contributed by atoms with Gasteiger partial charge in [0, 0.05) is 30.2 Å². The number of carbonyl (C=O) groups excluding carboxylic acids is 1. The monoisotopic (exact) mass is 360 g/mol. The van der Waals surface area contributed by atoms with Crippen LogP contribution in [0.25, 0.3) is 10.6 Å². The standard InChI is InChI=1S/C17H20N4O3S/c1-20-8-11(7-18-20)15-19-12(9-25-15)16(22)21-13-5-3-2-4-10(13)6-14(21)17(23)24/h7-10,13-14H,2-6H2,1H3,(H,23,24)/t10-,13-,14+/m1/s1. The zero-order valence-corrected chi connectivity index (χ0v) is 14.8. The van der Waals surface area contributed by atoms with E-state index in [0.29, 0.717) is 18.0 Å². The Hall–Kier alpha value is -2.22. The molecule has 1 N–H and O–H groups in total. The van der Waals surface area contributed by atoms with Crippen molar-refractivity contribution in [2.45, 2.75) is 44.2 Å². The van der Waals surface area contributed by atoms with Gasteiger partial charge in [0.2, 0.25) is 0 Å². The van der Waals surface area contributed by atoms with Crippen LogP contribution in [0, 0.1) is 5.92 Å². The first-order valence-corrected chi connectivity index (χ1v) is 9.42. The maximum absolute atomic E-state index is 13.1. The number of hydrogen-bond donors (Lipinski definition) is 1. The van der Waals surface area contributed by atoms with Gasteiger partial charge in [-0.2, -0.15) is 5.10 Å². The molecule has 25 heavy (non-hydrogen) atoms. The minimum absolute atomic E-state index is 0.0332. The molecule has 1 aliphatic carbocycles. The summed E-state index contributed by atoms with van der Waals surface area (Å²) in [6, 6.07) is -0.699. The molecular formula is C17H20N4O3S. The SMILES string of the molecule is Cn1cc(-c2nc(C(=O)N3[C@@H]4CCCC[C@@H]4C[C@H]3C(=O)O)cs2)cn1. The van der Waals surface area contributed by atoms with Crippen molar-refractivity contribution in [2.24, 2.45) is 13.0 Å². The van der Waals surface area contributed by atoms with E-state index in [1.807, 2.05) is 13.2 Å². The normalized spacial score (nSPS) is 25.8. The second kappa shape index (κ2) is 6.25. The zero-order valence-electron chi connectivity index (χ0n) is 14.0. The Bertz CT molecular complexity index is 814. The molecule has 7 nitrogen and oxygen atoms in total. The summed E-state index contributed by atoms with van der Waals surface area (Å²) in [6.07, 6.45) is 8.19. The van der Waals surface area contributed by atoms with Gasteiger partial charge in [-0.1, -0.05) is 12.8 Å². The predicted octanol–water partition coefficient (Wildman–Crippen LogP) is 2.40. The molecule has 2 fully saturated rings. The van der Waals surface area contributed by atoms with Crippen molar-refractivity contribution < 1.29 is 14.7 Å². The highest BCUT2D eigenvalue weighted by atomic mass is 32.1. The maximum Gasteiger partial charge on any atom is 0.326 e. The molecule has 1 saturated heterocycles. The number of hydrogen-bond acceptors (Lipinski definition) is 5. The van der Waals surface area contributed by atoms with E-state index >= 15 is 0 Å². The van der Waals surface area contributed by atoms with Gasteiger partial charge >= 0.3 is 5.97 Å². The molecule has 2 aromatic rings. The summed E-state index contributed by atoms with van der Waals surface area (Å²) in [5.74, 6) is -0.867. The first-order chi connectivity index (χ1) is 12.0. The van der Waals surface area contributed by atoms with Crippen molar-refractivity contribution in [2.75, 3.05) is 0 Å². The molecule has 0 aromatic carbocycles. The second-order valence-corrected chi connectivity index (χ2v) is 7.71. The number of likely N-dealkylation sites (tertiary alicyclic amines) is 1. The number of fused-ring (bicyclic) bond motifs is 1. The number of thiazole rings is 1. The molecule has 0 unspecified atom stereocenters. The lowest BCUT2D eigenvalue weighted by atomic mass is 9.84. The van der Waals surface area contributed by atoms with E-state index in [-0.39, 0.29) is 11.9 Å². The number of carboxylic acid groups (broad SMARTS) is 1. The van der Waals surface area contributed by atoms with E-state index in [4.69, 9.17) is 0 Å². The number of nitrogens with zero attached hydrogens (tertiary/aromatic N) is 4. The molecule has 132 valence electrons. The lowest BCUT2D eigenvalue weighted by Crippen LogP contribution is -2.46. The van der Waals surface area contributed by atoms with Crippen molar-refractivity contribution in [3.63, 3.8) is 0 Å². The smallest absolute Gasteiger partial charge is 0.326 e. The average molecular weight is 360 g/mol. The van der Waals surface area contributed by atoms with Crippen LogP contribution < -0.4 is 0 Å². The third-order valence-corrected chi connectivity index (χ3v) is 6.17. The van der Waals surface area contributed by atoms with Gasteiger partial charge in [-0.3, -0.25) is 9.48 Å². The lowest BCUT2D eigenvalue weighted by Gasteiger charge is -2.32. The molecule has 0 bridgehead atoms. The molecule has 1 aliphatic heterocycles. The van der Waals surface area contributed by atoms with Crippen LogP contribution in [-0.2, 0) is 11.8 Å². The van der Waals surface area contributed by atoms with Crippen LogP contribution in [0.1, 0.15) is 42.6 Å². The Labute approximate surface area is 149 Å². The summed E-state index contributed by atoms with van der Waals surface area (Å²) in [5, 5.41) is 16.2. The van der Waals surface area contributed by atoms with Gasteiger partial charge in [0.15, 0.2) is 0 Å². The number of carboxylic acids is 1. The van der Waals surface area contributed by atoms with Gasteiger partial charge in [0.1, 0.15) is 16.7 Å². The molecule has 0 radical (unpaired) electrons. The summed E-state index contributed by atoms with van der Waals surface area (Å²) in [5.41, 5.74) is 1.19. The molecule has 3 atom stereocenters. The summed E-state index contributed by atoms with van der Waals surface area (Å²) in [7, 11) is 1.83. The maximum atomic E-state index is 13.1. The van der Waals surface area contributed by atoms with Crippen LogP contribution in [0.4, 0.5) is 0 Å². The van der Waals surface area contributed by atoms with Gasteiger partial charge in [0.05, 0.1) is 6.20 Å². The summed E-state index contributed by atoms with van der Waals surface area (Å²) < 4.78 is 1.69. The molecule has 2 aliphatic rings. The third kappa shape index (κ3) is 2.84. The minimum Gasteiger partial charge on any atom is -0.480 e. The van der Waals surface area contributed by atoms with Gasteiger partial charge in [-0.05, 0) is 25.2 Å². The van der Waals surface area contributed by atoms with Crippen molar-refractivity contribution in [3.8, 4) is 10.6 Å². The highest BCUT2D eigenvalue weighted by Crippen LogP contribution is 2.40. The van der Waals surface area contributed by atoms with Crippen LogP contribution in [0.2, 0.25) is 0 Å². The molecule has 2 aromatic heterocycles. The Morgan fingerprint density at radius 1 is 1.32 bits per heavy atom. The van der Waals surface area contributed by atoms with E-state index in [0.717, 1.165) is 36.3 Å². The van der Waals surface area contributed by atoms with E-state index in [2.05, 4.69) is 10.1 Å². The number of aliphatic carboxylic acids is 1. The van der Waals surface area contributed by atoms with Gasteiger partial charge in [-0.25, -0.2) is 9.78 Å². The van der Waals surface area contributed by atoms with Crippen molar-refractivity contribution >= 4 is 23.2 Å². The lowest BCUT2D eigenvalue weighted by molar-refractivity contribution is -0.141. The fourth-order valence-corrected chi connectivity index (χ4v) is 4.91. The van der Waals surface area contributed by atoms with E-state index in [1.54, 1.807) is 21.2 Å². The number of aromatic nitrogens is 3. The van der Waals surface area contributed by atoms with Crippen molar-refractivity contribution in [1.29, 1.82) is 0 Å². The molecule has 1 saturated carbocycles. The topological polar surface area (TPSA) is 88.3 Å². The average Bonchev–Trinajstić information content (AvgIpc) is 3.31. The number of rotatable bonds is 3. The van der Waals surface area contributed by atoms with Crippen LogP contribution in [0.5, 0.6) is 0 Å². The van der Waals surface area contributed by atoms with Gasteiger partial charge in [0.25, 0.3) is 5.91 Å². The zero-order chi connectivity index (χ0) is 17.6. The molecule has 1 amide bonds. The fourth-order valence-electron chi connectivity index (χ4n) is 4.14. The summed E-state index contributed by atoms with van der Waals surface area (Å²) >= 11 is 1.38. The first-order valence-electron chi connectivity index (χ1n) is 8.54. The highest BCUT2D eigenvalue weighted by Gasteiger charge is 2.48. The number of aryl methyl sites for hydroxylation is 1. The Morgan fingerprint density at radius 2 is 2.12 bits per heavy atom. The number of amides is 1. The Morgan fingerprint density at radius 3 is 2.84 bits per heavy atom. The quantitative estimate of drug-likeness (QED) is 0.908. The largest absolute Gasteiger partial charge is 0.480 e. The van der Waals surface area contributed by atoms with E-state index < -0.39 is 12.0 Å². The van der Waals surface area contributed by atoms with Gasteiger partial charge < -0.3 is 10.0 Å². The highest BCUT2D eigenvalue weighted by molar-refractivity contribution is 7.13. The Balaban J connectivity index is 1.62. The van der Waals surface area contributed by atoms with Crippen LogP contribution in [-0.4, -0.2) is 48.7 Å². The van der Waals surface area contributed by atoms with Crippen molar-refractivity contribution in [3.05, 3.63) is 23.5 Å². The molecule has 3 heterocycles. The van der Waals surface area contributed by atoms with Crippen LogP contribution in [0.3, 0.4) is 0 Å². The minimum atomic E-state index is -0.912. The molecular weight excluding hydrogens is 340 g/mol. The summed E-state index contributed by atoms with van der Waals surface area (Å²) in [4.78, 5) is 30.8.